The van der Waals surface area contributed by atoms with Gasteiger partial charge in [0.2, 0.25) is 11.8 Å². The van der Waals surface area contributed by atoms with Crippen LogP contribution in [0.4, 0.5) is 4.39 Å². The molecule has 2 heterocycles. The lowest BCUT2D eigenvalue weighted by atomic mass is 10.1. The van der Waals surface area contributed by atoms with E-state index in [1.807, 2.05) is 48.4 Å². The highest BCUT2D eigenvalue weighted by Gasteiger charge is 2.24. The highest BCUT2D eigenvalue weighted by molar-refractivity contribution is 5.89. The Balaban J connectivity index is 1.27. The van der Waals surface area contributed by atoms with Gasteiger partial charge in [0.15, 0.2) is 0 Å². The fourth-order valence-corrected chi connectivity index (χ4v) is 4.23. The summed E-state index contributed by atoms with van der Waals surface area (Å²) in [4.78, 5) is 34.5. The molecule has 1 aromatic heterocycles. The molecule has 168 valence electrons. The van der Waals surface area contributed by atoms with Crippen LogP contribution < -0.4 is 0 Å². The Hall–Kier alpha value is -3.19. The zero-order valence-electron chi connectivity index (χ0n) is 18.4. The van der Waals surface area contributed by atoms with Crippen molar-refractivity contribution in [3.63, 3.8) is 0 Å². The minimum atomic E-state index is -0.292. The van der Waals surface area contributed by atoms with Gasteiger partial charge in [-0.25, -0.2) is 4.39 Å². The van der Waals surface area contributed by atoms with Gasteiger partial charge in [0.05, 0.1) is 13.0 Å². The summed E-state index contributed by atoms with van der Waals surface area (Å²) in [5.74, 6) is -0.156. The molecule has 1 aliphatic rings. The molecule has 0 aliphatic carbocycles. The number of rotatable bonds is 7. The molecule has 32 heavy (non-hydrogen) atoms. The number of para-hydroxylation sites is 1. The van der Waals surface area contributed by atoms with E-state index in [0.29, 0.717) is 52.2 Å². The van der Waals surface area contributed by atoms with Crippen molar-refractivity contribution in [2.24, 2.45) is 0 Å². The Labute approximate surface area is 187 Å². The summed E-state index contributed by atoms with van der Waals surface area (Å²) in [6.45, 7) is 5.78. The van der Waals surface area contributed by atoms with Gasteiger partial charge < -0.3 is 14.8 Å². The van der Waals surface area contributed by atoms with E-state index in [-0.39, 0.29) is 17.6 Å². The van der Waals surface area contributed by atoms with Crippen molar-refractivity contribution in [2.75, 3.05) is 39.3 Å². The fourth-order valence-electron chi connectivity index (χ4n) is 4.23. The number of nitrogens with one attached hydrogen (secondary N) is 1. The molecule has 0 spiro atoms. The van der Waals surface area contributed by atoms with Gasteiger partial charge in [-0.15, -0.1) is 0 Å². The monoisotopic (exact) mass is 436 g/mol. The number of benzene rings is 2. The van der Waals surface area contributed by atoms with Crippen LogP contribution in [0.3, 0.4) is 0 Å². The highest BCUT2D eigenvalue weighted by atomic mass is 19.1. The Bertz CT molecular complexity index is 1090. The molecule has 0 saturated carbocycles. The molecule has 0 radical (unpaired) electrons. The van der Waals surface area contributed by atoms with E-state index < -0.39 is 0 Å². The van der Waals surface area contributed by atoms with Crippen LogP contribution in [0.25, 0.3) is 10.9 Å². The molecule has 6 nitrogen and oxygen atoms in total. The molecule has 3 aromatic rings. The van der Waals surface area contributed by atoms with Crippen LogP contribution in [-0.4, -0.2) is 70.8 Å². The molecule has 2 aromatic carbocycles. The van der Waals surface area contributed by atoms with Crippen LogP contribution >= 0.6 is 0 Å². The maximum absolute atomic E-state index is 13.4. The lowest BCUT2D eigenvalue weighted by Gasteiger charge is -2.35. The third-order valence-electron chi connectivity index (χ3n) is 6.10. The van der Waals surface area contributed by atoms with Gasteiger partial charge in [0, 0.05) is 56.4 Å². The van der Waals surface area contributed by atoms with Gasteiger partial charge in [0.25, 0.3) is 0 Å². The minimum absolute atomic E-state index is 0.0235. The van der Waals surface area contributed by atoms with Crippen molar-refractivity contribution >= 4 is 22.7 Å². The summed E-state index contributed by atoms with van der Waals surface area (Å²) in [5, 5.41) is 1.09. The lowest BCUT2D eigenvalue weighted by Crippen LogP contribution is -2.51. The van der Waals surface area contributed by atoms with E-state index in [2.05, 4.69) is 9.88 Å². The number of piperazine rings is 1. The maximum atomic E-state index is 13.4. The average Bonchev–Trinajstić information content (AvgIpc) is 3.20. The van der Waals surface area contributed by atoms with Crippen molar-refractivity contribution in [1.29, 1.82) is 0 Å². The van der Waals surface area contributed by atoms with Gasteiger partial charge in [-0.2, -0.15) is 0 Å². The van der Waals surface area contributed by atoms with Crippen LogP contribution in [0.5, 0.6) is 0 Å². The summed E-state index contributed by atoms with van der Waals surface area (Å²) in [7, 11) is 0. The van der Waals surface area contributed by atoms with Crippen molar-refractivity contribution < 1.29 is 14.0 Å². The maximum Gasteiger partial charge on any atom is 0.237 e. The molecule has 2 amide bonds. The zero-order chi connectivity index (χ0) is 22.5. The van der Waals surface area contributed by atoms with Crippen molar-refractivity contribution in [1.82, 2.24) is 19.7 Å². The normalized spacial score (nSPS) is 14.6. The third-order valence-corrected chi connectivity index (χ3v) is 6.10. The highest BCUT2D eigenvalue weighted by Crippen LogP contribution is 2.19. The first kappa shape index (κ1) is 22.0. The summed E-state index contributed by atoms with van der Waals surface area (Å²) in [5.41, 5.74) is 2.84. The van der Waals surface area contributed by atoms with E-state index in [1.54, 1.807) is 11.0 Å². The van der Waals surface area contributed by atoms with Gasteiger partial charge >= 0.3 is 0 Å². The van der Waals surface area contributed by atoms with E-state index in [4.69, 9.17) is 0 Å². The Morgan fingerprint density at radius 2 is 1.84 bits per heavy atom. The van der Waals surface area contributed by atoms with Gasteiger partial charge in [-0.3, -0.25) is 14.5 Å². The van der Waals surface area contributed by atoms with Gasteiger partial charge in [0.1, 0.15) is 5.82 Å². The van der Waals surface area contributed by atoms with E-state index >= 15 is 0 Å². The number of H-pyrrole nitrogens is 1. The molecule has 1 saturated heterocycles. The second-order valence-electron chi connectivity index (χ2n) is 8.23. The van der Waals surface area contributed by atoms with Crippen molar-refractivity contribution in [3.05, 3.63) is 71.7 Å². The van der Waals surface area contributed by atoms with Gasteiger partial charge in [-0.05, 0) is 36.2 Å². The first-order valence-corrected chi connectivity index (χ1v) is 11.1. The number of hydrogen-bond acceptors (Lipinski definition) is 3. The van der Waals surface area contributed by atoms with E-state index in [9.17, 15) is 14.0 Å². The van der Waals surface area contributed by atoms with Crippen molar-refractivity contribution in [3.8, 4) is 0 Å². The molecule has 0 unspecified atom stereocenters. The molecule has 1 aliphatic heterocycles. The van der Waals surface area contributed by atoms with Gasteiger partial charge in [-0.1, -0.05) is 30.3 Å². The number of aromatic nitrogens is 1. The Kier molecular flexibility index (Phi) is 6.85. The number of hydrogen-bond donors (Lipinski definition) is 1. The number of likely N-dealkylation sites (N-methyl/N-ethyl adjacent to an activating group) is 1. The van der Waals surface area contributed by atoms with Crippen LogP contribution in [0.1, 0.15) is 18.1 Å². The fraction of sp³-hybridized carbons (Fsp3) is 0.360. The SMILES string of the molecule is CCN(Cc1cccc(F)c1)C(=O)CN1CCN(C(=O)Cc2c[nH]c3ccccc23)CC1. The summed E-state index contributed by atoms with van der Waals surface area (Å²) in [6, 6.07) is 14.4. The number of amides is 2. The molecule has 0 atom stereocenters. The van der Waals surface area contributed by atoms with Crippen LogP contribution in [0.15, 0.2) is 54.7 Å². The number of carbonyl (C=O) groups is 2. The van der Waals surface area contributed by atoms with Crippen LogP contribution in [0.2, 0.25) is 0 Å². The van der Waals surface area contributed by atoms with E-state index in [0.717, 1.165) is 22.0 Å². The number of halogens is 1. The Morgan fingerprint density at radius 1 is 1.06 bits per heavy atom. The zero-order valence-corrected chi connectivity index (χ0v) is 18.4. The molecule has 1 fully saturated rings. The standard InChI is InChI=1S/C25H29FN4O2/c1-2-29(17-19-6-5-7-21(26)14-19)25(32)18-28-10-12-30(13-11-28)24(31)15-20-16-27-23-9-4-3-8-22(20)23/h3-9,14,16,27H,2,10-13,15,17-18H2,1H3. The first-order chi connectivity index (χ1) is 15.5. The number of nitrogens with zero attached hydrogens (tertiary/aromatic N) is 3. The number of fused-ring (bicyclic) bond motifs is 1. The molecule has 1 N–H and O–H groups in total. The predicted molar refractivity (Wildman–Crippen MR) is 123 cm³/mol. The lowest BCUT2D eigenvalue weighted by molar-refractivity contribution is -0.135. The quantitative estimate of drug-likeness (QED) is 0.619. The number of carbonyl (C=O) groups excluding carboxylic acids is 2. The minimum Gasteiger partial charge on any atom is -0.361 e. The molecular formula is C25H29FN4O2. The smallest absolute Gasteiger partial charge is 0.237 e. The number of aromatic amines is 1. The molecular weight excluding hydrogens is 407 g/mol. The molecule has 7 heteroatoms. The first-order valence-electron chi connectivity index (χ1n) is 11.1. The topological polar surface area (TPSA) is 59.7 Å². The summed E-state index contributed by atoms with van der Waals surface area (Å²) in [6.07, 6.45) is 2.29. The molecule has 0 bridgehead atoms. The van der Waals surface area contributed by atoms with Crippen LogP contribution in [0, 0.1) is 5.82 Å². The second-order valence-corrected chi connectivity index (χ2v) is 8.23. The van der Waals surface area contributed by atoms with Crippen molar-refractivity contribution in [2.45, 2.75) is 19.9 Å². The average molecular weight is 437 g/mol. The Morgan fingerprint density at radius 3 is 2.59 bits per heavy atom. The predicted octanol–water partition coefficient (Wildman–Crippen LogP) is 3.04. The molecule has 4 rings (SSSR count). The largest absolute Gasteiger partial charge is 0.361 e. The summed E-state index contributed by atoms with van der Waals surface area (Å²) < 4.78 is 13.4. The third kappa shape index (κ3) is 5.16. The second kappa shape index (κ2) is 9.96. The summed E-state index contributed by atoms with van der Waals surface area (Å²) >= 11 is 0. The van der Waals surface area contributed by atoms with Crippen LogP contribution in [-0.2, 0) is 22.6 Å². The van der Waals surface area contributed by atoms with E-state index in [1.165, 1.54) is 12.1 Å².